The first-order chi connectivity index (χ1) is 10.4. The summed E-state index contributed by atoms with van der Waals surface area (Å²) in [6.45, 7) is 1.72. The minimum atomic E-state index is -3.94. The SMILES string of the molecule is CCOc1ccc(S(=O)(=O)NC[C@@H](O)c2ccoc2)cc1F. The molecule has 1 aromatic heterocycles. The van der Waals surface area contributed by atoms with Gasteiger partial charge in [-0.05, 0) is 31.2 Å². The minimum Gasteiger partial charge on any atom is -0.491 e. The van der Waals surface area contributed by atoms with Gasteiger partial charge in [-0.2, -0.15) is 0 Å². The van der Waals surface area contributed by atoms with Gasteiger partial charge in [-0.3, -0.25) is 0 Å². The maximum atomic E-state index is 13.7. The Balaban J connectivity index is 2.08. The number of aliphatic hydroxyl groups excluding tert-OH is 1. The quantitative estimate of drug-likeness (QED) is 0.809. The highest BCUT2D eigenvalue weighted by atomic mass is 32.2. The zero-order valence-electron chi connectivity index (χ0n) is 11.8. The number of hydrogen-bond donors (Lipinski definition) is 2. The lowest BCUT2D eigenvalue weighted by Gasteiger charge is -2.11. The van der Waals surface area contributed by atoms with E-state index < -0.39 is 21.9 Å². The monoisotopic (exact) mass is 329 g/mol. The fraction of sp³-hybridized carbons (Fsp3) is 0.286. The van der Waals surface area contributed by atoms with Gasteiger partial charge in [-0.25, -0.2) is 17.5 Å². The summed E-state index contributed by atoms with van der Waals surface area (Å²) in [4.78, 5) is -0.243. The minimum absolute atomic E-state index is 0.0140. The third-order valence-corrected chi connectivity index (χ3v) is 4.33. The van der Waals surface area contributed by atoms with Gasteiger partial charge in [0.05, 0.1) is 30.1 Å². The average molecular weight is 329 g/mol. The van der Waals surface area contributed by atoms with Crippen LogP contribution in [0.15, 0.2) is 46.1 Å². The van der Waals surface area contributed by atoms with Crippen molar-refractivity contribution in [1.29, 1.82) is 0 Å². The fourth-order valence-electron chi connectivity index (χ4n) is 1.78. The maximum absolute atomic E-state index is 13.7. The van der Waals surface area contributed by atoms with Gasteiger partial charge in [0.1, 0.15) is 0 Å². The van der Waals surface area contributed by atoms with E-state index in [0.29, 0.717) is 5.56 Å². The molecule has 0 amide bonds. The molecule has 0 spiro atoms. The summed E-state index contributed by atoms with van der Waals surface area (Å²) in [6, 6.07) is 4.88. The van der Waals surface area contributed by atoms with Gasteiger partial charge in [0, 0.05) is 12.1 Å². The van der Waals surface area contributed by atoms with E-state index >= 15 is 0 Å². The molecule has 2 aromatic rings. The number of halogens is 1. The predicted octanol–water partition coefficient (Wildman–Crippen LogP) is 1.83. The van der Waals surface area contributed by atoms with Gasteiger partial charge < -0.3 is 14.3 Å². The molecule has 0 aliphatic heterocycles. The standard InChI is InChI=1S/C14H16FNO5S/c1-2-21-14-4-3-11(7-12(14)15)22(18,19)16-8-13(17)10-5-6-20-9-10/h3-7,9,13,16-17H,2,8H2,1H3/t13-/m1/s1. The zero-order chi connectivity index (χ0) is 16.2. The molecule has 0 radical (unpaired) electrons. The lowest BCUT2D eigenvalue weighted by atomic mass is 10.2. The van der Waals surface area contributed by atoms with Crippen LogP contribution in [0.3, 0.4) is 0 Å². The first kappa shape index (κ1) is 16.5. The van der Waals surface area contributed by atoms with Crippen LogP contribution in [-0.2, 0) is 10.0 Å². The van der Waals surface area contributed by atoms with Crippen molar-refractivity contribution in [3.63, 3.8) is 0 Å². The van der Waals surface area contributed by atoms with Crippen LogP contribution in [0.4, 0.5) is 4.39 Å². The highest BCUT2D eigenvalue weighted by molar-refractivity contribution is 7.89. The molecule has 0 aliphatic rings. The molecule has 0 bridgehead atoms. The molecule has 1 atom stereocenters. The van der Waals surface area contributed by atoms with Crippen molar-refractivity contribution >= 4 is 10.0 Å². The number of rotatable bonds is 7. The van der Waals surface area contributed by atoms with E-state index in [1.807, 2.05) is 0 Å². The topological polar surface area (TPSA) is 88.8 Å². The Morgan fingerprint density at radius 3 is 2.77 bits per heavy atom. The number of sulfonamides is 1. The van der Waals surface area contributed by atoms with Crippen molar-refractivity contribution < 1.29 is 27.1 Å². The molecule has 0 unspecified atom stereocenters. The molecule has 0 saturated carbocycles. The van der Waals surface area contributed by atoms with Crippen molar-refractivity contribution in [3.05, 3.63) is 48.2 Å². The van der Waals surface area contributed by atoms with E-state index in [9.17, 15) is 17.9 Å². The molecule has 1 aromatic carbocycles. The van der Waals surface area contributed by atoms with Crippen molar-refractivity contribution in [1.82, 2.24) is 4.72 Å². The third-order valence-electron chi connectivity index (χ3n) is 2.91. The largest absolute Gasteiger partial charge is 0.491 e. The van der Waals surface area contributed by atoms with Crippen LogP contribution >= 0.6 is 0 Å². The smallest absolute Gasteiger partial charge is 0.240 e. The second-order valence-electron chi connectivity index (χ2n) is 4.45. The number of ether oxygens (including phenoxy) is 1. The highest BCUT2D eigenvalue weighted by Crippen LogP contribution is 2.21. The normalized spacial score (nSPS) is 13.0. The number of nitrogens with one attached hydrogen (secondary N) is 1. The van der Waals surface area contributed by atoms with Crippen LogP contribution in [0.2, 0.25) is 0 Å². The van der Waals surface area contributed by atoms with E-state index in [2.05, 4.69) is 4.72 Å². The molecule has 8 heteroatoms. The molecule has 0 fully saturated rings. The molecule has 2 N–H and O–H groups in total. The van der Waals surface area contributed by atoms with Crippen LogP contribution in [0.1, 0.15) is 18.6 Å². The Hall–Kier alpha value is -1.90. The Kier molecular flexibility index (Phi) is 5.17. The van der Waals surface area contributed by atoms with Crippen LogP contribution in [0.5, 0.6) is 5.75 Å². The summed E-state index contributed by atoms with van der Waals surface area (Å²) in [7, 11) is -3.94. The second kappa shape index (κ2) is 6.91. The highest BCUT2D eigenvalue weighted by Gasteiger charge is 2.19. The average Bonchev–Trinajstić information content (AvgIpc) is 3.01. The van der Waals surface area contributed by atoms with Gasteiger partial charge in [-0.1, -0.05) is 0 Å². The van der Waals surface area contributed by atoms with Crippen molar-refractivity contribution in [3.8, 4) is 5.75 Å². The number of aliphatic hydroxyl groups is 1. The summed E-state index contributed by atoms with van der Waals surface area (Å²) in [5.41, 5.74) is 0.445. The lowest BCUT2D eigenvalue weighted by Crippen LogP contribution is -2.28. The molecular weight excluding hydrogens is 313 g/mol. The summed E-state index contributed by atoms with van der Waals surface area (Å²) < 4.78 is 49.9. The second-order valence-corrected chi connectivity index (χ2v) is 6.22. The molecule has 6 nitrogen and oxygen atoms in total. The maximum Gasteiger partial charge on any atom is 0.240 e. The Labute approximate surface area is 127 Å². The van der Waals surface area contributed by atoms with E-state index in [-0.39, 0.29) is 23.8 Å². The summed E-state index contributed by atoms with van der Waals surface area (Å²) >= 11 is 0. The number of hydrogen-bond acceptors (Lipinski definition) is 5. The van der Waals surface area contributed by atoms with Gasteiger partial charge in [0.25, 0.3) is 0 Å². The Morgan fingerprint density at radius 1 is 1.41 bits per heavy atom. The van der Waals surface area contributed by atoms with Gasteiger partial charge in [0.2, 0.25) is 10.0 Å². The van der Waals surface area contributed by atoms with Crippen molar-refractivity contribution in [2.75, 3.05) is 13.2 Å². The third kappa shape index (κ3) is 3.85. The van der Waals surface area contributed by atoms with Gasteiger partial charge in [0.15, 0.2) is 11.6 Å². The molecule has 0 aliphatic carbocycles. The van der Waals surface area contributed by atoms with Crippen LogP contribution < -0.4 is 9.46 Å². The zero-order valence-corrected chi connectivity index (χ0v) is 12.6. The molecule has 1 heterocycles. The lowest BCUT2D eigenvalue weighted by molar-refractivity contribution is 0.181. The summed E-state index contributed by atoms with van der Waals surface area (Å²) in [5, 5.41) is 9.81. The van der Waals surface area contributed by atoms with E-state index in [1.165, 1.54) is 30.7 Å². The number of furan rings is 1. The first-order valence-corrected chi connectivity index (χ1v) is 8.04. The molecular formula is C14H16FNO5S. The Bertz CT molecular complexity index is 715. The van der Waals surface area contributed by atoms with E-state index in [1.54, 1.807) is 6.92 Å². The number of benzene rings is 1. The first-order valence-electron chi connectivity index (χ1n) is 6.56. The van der Waals surface area contributed by atoms with Gasteiger partial charge in [-0.15, -0.1) is 0 Å². The van der Waals surface area contributed by atoms with Crippen LogP contribution in [0, 0.1) is 5.82 Å². The van der Waals surface area contributed by atoms with Crippen LogP contribution in [0.25, 0.3) is 0 Å². The Morgan fingerprint density at radius 2 is 2.18 bits per heavy atom. The van der Waals surface area contributed by atoms with Crippen molar-refractivity contribution in [2.45, 2.75) is 17.9 Å². The van der Waals surface area contributed by atoms with Crippen molar-refractivity contribution in [2.24, 2.45) is 0 Å². The molecule has 2 rings (SSSR count). The molecule has 0 saturated heterocycles. The van der Waals surface area contributed by atoms with Gasteiger partial charge >= 0.3 is 0 Å². The summed E-state index contributed by atoms with van der Waals surface area (Å²) in [6.07, 6.45) is 1.63. The summed E-state index contributed by atoms with van der Waals surface area (Å²) in [5.74, 6) is -0.778. The molecule has 120 valence electrons. The van der Waals surface area contributed by atoms with E-state index in [0.717, 1.165) is 6.07 Å². The molecule has 22 heavy (non-hydrogen) atoms. The van der Waals surface area contributed by atoms with E-state index in [4.69, 9.17) is 9.15 Å². The van der Waals surface area contributed by atoms with Crippen LogP contribution in [-0.4, -0.2) is 26.7 Å². The fourth-order valence-corrected chi connectivity index (χ4v) is 2.83. The predicted molar refractivity (Wildman–Crippen MR) is 76.4 cm³/mol.